The van der Waals surface area contributed by atoms with Gasteiger partial charge in [-0.3, -0.25) is 4.79 Å². The van der Waals surface area contributed by atoms with Crippen molar-refractivity contribution in [1.82, 2.24) is 5.43 Å². The first-order valence-electron chi connectivity index (χ1n) is 10.6. The molecule has 0 aliphatic heterocycles. The molecule has 0 bridgehead atoms. The minimum atomic E-state index is -0.361. The van der Waals surface area contributed by atoms with Gasteiger partial charge in [-0.05, 0) is 80.9 Å². The van der Waals surface area contributed by atoms with Gasteiger partial charge in [-0.25, -0.2) is 5.43 Å². The van der Waals surface area contributed by atoms with E-state index in [2.05, 4.69) is 49.0 Å². The van der Waals surface area contributed by atoms with Crippen LogP contribution in [0.25, 0.3) is 10.8 Å². The van der Waals surface area contributed by atoms with Crippen LogP contribution in [-0.2, 0) is 6.61 Å². The molecular formula is C27H22BrIN2O4. The van der Waals surface area contributed by atoms with Crippen molar-refractivity contribution in [3.05, 3.63) is 97.5 Å². The molecule has 0 saturated carbocycles. The molecule has 0 atom stereocenters. The Labute approximate surface area is 225 Å². The molecule has 0 fully saturated rings. The first-order chi connectivity index (χ1) is 17.0. The van der Waals surface area contributed by atoms with Crippen molar-refractivity contribution in [2.24, 2.45) is 5.10 Å². The molecule has 0 aromatic heterocycles. The Morgan fingerprint density at radius 2 is 1.66 bits per heavy atom. The highest BCUT2D eigenvalue weighted by atomic mass is 127. The SMILES string of the molecule is COc1cc2ccccc2cc1C(=O)N/N=C\c1cc(I)c(OCc2ccc(Br)cc2)c(OC)c1. The lowest BCUT2D eigenvalue weighted by molar-refractivity contribution is 0.0952. The highest BCUT2D eigenvalue weighted by molar-refractivity contribution is 14.1. The molecule has 0 heterocycles. The van der Waals surface area contributed by atoms with Crippen LogP contribution in [-0.4, -0.2) is 26.3 Å². The number of hydrogen-bond donors (Lipinski definition) is 1. The fourth-order valence-corrected chi connectivity index (χ4v) is 4.53. The number of benzene rings is 4. The smallest absolute Gasteiger partial charge is 0.275 e. The van der Waals surface area contributed by atoms with Gasteiger partial charge in [0.2, 0.25) is 0 Å². The normalized spacial score (nSPS) is 11.0. The summed E-state index contributed by atoms with van der Waals surface area (Å²) in [6, 6.07) is 23.1. The van der Waals surface area contributed by atoms with Crippen molar-refractivity contribution in [1.29, 1.82) is 0 Å². The lowest BCUT2D eigenvalue weighted by Crippen LogP contribution is -2.18. The number of fused-ring (bicyclic) bond motifs is 1. The van der Waals surface area contributed by atoms with Crippen molar-refractivity contribution in [3.8, 4) is 17.2 Å². The van der Waals surface area contributed by atoms with E-state index >= 15 is 0 Å². The number of carbonyl (C=O) groups is 1. The summed E-state index contributed by atoms with van der Waals surface area (Å²) < 4.78 is 18.9. The summed E-state index contributed by atoms with van der Waals surface area (Å²) >= 11 is 5.63. The number of nitrogens with zero attached hydrogens (tertiary/aromatic N) is 1. The molecule has 35 heavy (non-hydrogen) atoms. The van der Waals surface area contributed by atoms with Crippen molar-refractivity contribution in [3.63, 3.8) is 0 Å². The van der Waals surface area contributed by atoms with Crippen molar-refractivity contribution >= 4 is 61.4 Å². The fraction of sp³-hybridized carbons (Fsp3) is 0.111. The molecule has 1 N–H and O–H groups in total. The maximum Gasteiger partial charge on any atom is 0.275 e. The van der Waals surface area contributed by atoms with Gasteiger partial charge in [0.15, 0.2) is 11.5 Å². The number of hydrogen-bond acceptors (Lipinski definition) is 5. The zero-order valence-corrected chi connectivity index (χ0v) is 22.8. The second-order valence-electron chi connectivity index (χ2n) is 7.55. The summed E-state index contributed by atoms with van der Waals surface area (Å²) in [4.78, 5) is 12.8. The molecular weight excluding hydrogens is 623 g/mol. The minimum absolute atomic E-state index is 0.361. The third-order valence-corrected chi connectivity index (χ3v) is 6.57. The maximum atomic E-state index is 12.8. The quantitative estimate of drug-likeness (QED) is 0.134. The molecule has 0 spiro atoms. The second-order valence-corrected chi connectivity index (χ2v) is 9.63. The molecule has 0 aliphatic rings. The van der Waals surface area contributed by atoms with Crippen molar-refractivity contribution in [2.75, 3.05) is 14.2 Å². The molecule has 4 aromatic carbocycles. The molecule has 6 nitrogen and oxygen atoms in total. The van der Waals surface area contributed by atoms with Gasteiger partial charge in [0, 0.05) is 4.47 Å². The van der Waals surface area contributed by atoms with Gasteiger partial charge < -0.3 is 14.2 Å². The molecule has 0 radical (unpaired) electrons. The molecule has 0 aliphatic carbocycles. The zero-order chi connectivity index (χ0) is 24.8. The van der Waals surface area contributed by atoms with Gasteiger partial charge in [0.05, 0.1) is 29.6 Å². The van der Waals surface area contributed by atoms with E-state index in [1.54, 1.807) is 26.5 Å². The average molecular weight is 645 g/mol. The van der Waals surface area contributed by atoms with Crippen LogP contribution in [0.4, 0.5) is 0 Å². The molecule has 4 aromatic rings. The highest BCUT2D eigenvalue weighted by Gasteiger charge is 2.14. The summed E-state index contributed by atoms with van der Waals surface area (Å²) in [6.45, 7) is 0.413. The number of carbonyl (C=O) groups excluding carboxylic acids is 1. The number of methoxy groups -OCH3 is 2. The van der Waals surface area contributed by atoms with E-state index in [0.717, 1.165) is 29.9 Å². The van der Waals surface area contributed by atoms with E-state index in [9.17, 15) is 4.79 Å². The Morgan fingerprint density at radius 3 is 2.34 bits per heavy atom. The minimum Gasteiger partial charge on any atom is -0.496 e. The van der Waals surface area contributed by atoms with Crippen LogP contribution in [0.5, 0.6) is 17.2 Å². The number of ether oxygens (including phenoxy) is 3. The fourth-order valence-electron chi connectivity index (χ4n) is 3.48. The van der Waals surface area contributed by atoms with Crippen LogP contribution < -0.4 is 19.6 Å². The van der Waals surface area contributed by atoms with Crippen molar-refractivity contribution in [2.45, 2.75) is 6.61 Å². The van der Waals surface area contributed by atoms with E-state index in [0.29, 0.717) is 29.4 Å². The largest absolute Gasteiger partial charge is 0.496 e. The average Bonchev–Trinajstić information content (AvgIpc) is 2.87. The van der Waals surface area contributed by atoms with Gasteiger partial charge in [-0.1, -0.05) is 52.3 Å². The molecule has 8 heteroatoms. The van der Waals surface area contributed by atoms with Crippen LogP contribution >= 0.6 is 38.5 Å². The summed E-state index contributed by atoms with van der Waals surface area (Å²) in [5.41, 5.74) is 4.79. The van der Waals surface area contributed by atoms with Crippen molar-refractivity contribution < 1.29 is 19.0 Å². The Balaban J connectivity index is 1.48. The maximum absolute atomic E-state index is 12.8. The predicted molar refractivity (Wildman–Crippen MR) is 150 cm³/mol. The number of nitrogens with one attached hydrogen (secondary N) is 1. The van der Waals surface area contributed by atoms with Crippen LogP contribution in [0, 0.1) is 3.57 Å². The summed E-state index contributed by atoms with van der Waals surface area (Å²) in [7, 11) is 3.13. The monoisotopic (exact) mass is 644 g/mol. The summed E-state index contributed by atoms with van der Waals surface area (Å²) in [5.74, 6) is 1.36. The van der Waals surface area contributed by atoms with E-state index in [1.807, 2.05) is 66.7 Å². The molecule has 4 rings (SSSR count). The lowest BCUT2D eigenvalue weighted by Gasteiger charge is -2.13. The Morgan fingerprint density at radius 1 is 0.971 bits per heavy atom. The third kappa shape index (κ3) is 6.12. The van der Waals surface area contributed by atoms with Gasteiger partial charge >= 0.3 is 0 Å². The van der Waals surface area contributed by atoms with E-state index in [1.165, 1.54) is 0 Å². The van der Waals surface area contributed by atoms with Gasteiger partial charge in [0.25, 0.3) is 5.91 Å². The Hall–Kier alpha value is -3.11. The van der Waals surface area contributed by atoms with Crippen LogP contribution in [0.2, 0.25) is 0 Å². The van der Waals surface area contributed by atoms with E-state index in [4.69, 9.17) is 14.2 Å². The standard InChI is InChI=1S/C27H22BrIN2O4/c1-33-24-14-20-6-4-3-5-19(20)13-22(24)27(32)31-30-15-18-11-23(29)26(25(12-18)34-2)35-16-17-7-9-21(28)10-8-17/h3-15H,16H2,1-2H3,(H,31,32)/b30-15-. The van der Waals surface area contributed by atoms with Gasteiger partial charge in [0.1, 0.15) is 12.4 Å². The number of hydrazone groups is 1. The topological polar surface area (TPSA) is 69.2 Å². The molecule has 1 amide bonds. The Bertz CT molecular complexity index is 1390. The second kappa shape index (κ2) is 11.5. The molecule has 0 unspecified atom stereocenters. The molecule has 178 valence electrons. The van der Waals surface area contributed by atoms with Crippen LogP contribution in [0.15, 0.2) is 82.4 Å². The van der Waals surface area contributed by atoms with Gasteiger partial charge in [-0.2, -0.15) is 5.10 Å². The zero-order valence-electron chi connectivity index (χ0n) is 19.0. The van der Waals surface area contributed by atoms with E-state index in [-0.39, 0.29) is 5.91 Å². The first kappa shape index (κ1) is 25.0. The third-order valence-electron chi connectivity index (χ3n) is 5.24. The van der Waals surface area contributed by atoms with Gasteiger partial charge in [-0.15, -0.1) is 0 Å². The first-order valence-corrected chi connectivity index (χ1v) is 12.5. The highest BCUT2D eigenvalue weighted by Crippen LogP contribution is 2.34. The predicted octanol–water partition coefficient (Wildman–Crippen LogP) is 6.57. The number of amides is 1. The lowest BCUT2D eigenvalue weighted by atomic mass is 10.1. The number of rotatable bonds is 8. The van der Waals surface area contributed by atoms with Crippen LogP contribution in [0.1, 0.15) is 21.5 Å². The van der Waals surface area contributed by atoms with E-state index < -0.39 is 0 Å². The molecule has 0 saturated heterocycles. The summed E-state index contributed by atoms with van der Waals surface area (Å²) in [6.07, 6.45) is 1.56. The summed E-state index contributed by atoms with van der Waals surface area (Å²) in [5, 5.41) is 6.08. The Kier molecular flexibility index (Phi) is 8.25. The van der Waals surface area contributed by atoms with Crippen LogP contribution in [0.3, 0.4) is 0 Å². The number of halogens is 2.